The summed E-state index contributed by atoms with van der Waals surface area (Å²) in [6.07, 6.45) is 7.81. The van der Waals surface area contributed by atoms with Crippen LogP contribution >= 0.6 is 0 Å². The Bertz CT molecular complexity index is 434. The molecule has 0 radical (unpaired) electrons. The molecule has 19 heavy (non-hydrogen) atoms. The molecule has 2 rings (SSSR count). The van der Waals surface area contributed by atoms with Crippen molar-refractivity contribution in [3.8, 4) is 12.3 Å². The van der Waals surface area contributed by atoms with Gasteiger partial charge in [0, 0.05) is 13.0 Å². The van der Waals surface area contributed by atoms with E-state index in [1.54, 1.807) is 4.90 Å². The molecule has 2 unspecified atom stereocenters. The Labute approximate surface area is 114 Å². The Kier molecular flexibility index (Phi) is 3.58. The second-order valence-electron chi connectivity index (χ2n) is 6.11. The third kappa shape index (κ3) is 2.34. The predicted molar refractivity (Wildman–Crippen MR) is 73.1 cm³/mol. The van der Waals surface area contributed by atoms with Crippen LogP contribution in [0.25, 0.3) is 0 Å². The molecule has 1 saturated carbocycles. The lowest BCUT2D eigenvalue weighted by Crippen LogP contribution is -2.71. The number of nitrogens with zero attached hydrogens (tertiary/aromatic N) is 1. The van der Waals surface area contributed by atoms with Crippen LogP contribution in [0.5, 0.6) is 0 Å². The highest BCUT2D eigenvalue weighted by Gasteiger charge is 2.55. The lowest BCUT2D eigenvalue weighted by molar-refractivity contribution is -0.157. The highest BCUT2D eigenvalue weighted by atomic mass is 16.2. The molecule has 2 atom stereocenters. The first kappa shape index (κ1) is 13.9. The first-order valence-corrected chi connectivity index (χ1v) is 6.98. The molecular formula is C15H22N2O2. The van der Waals surface area contributed by atoms with Crippen LogP contribution in [0.15, 0.2) is 0 Å². The van der Waals surface area contributed by atoms with Crippen LogP contribution in [-0.2, 0) is 9.59 Å². The fourth-order valence-corrected chi connectivity index (χ4v) is 2.98. The maximum atomic E-state index is 12.7. The standard InChI is InChI=1S/C15H22N2O2/c1-5-6-9-17-12(10(2)3)13(18)16-15(4,14(17)19)11-7-8-11/h1,10-12H,6-9H2,2-4H3,(H,16,18). The van der Waals surface area contributed by atoms with Crippen molar-refractivity contribution >= 4 is 11.8 Å². The SMILES string of the molecule is C#CCCN1C(=O)C(C)(C2CC2)NC(=O)C1C(C)C. The minimum Gasteiger partial charge on any atom is -0.340 e. The van der Waals surface area contributed by atoms with Gasteiger partial charge in [-0.05, 0) is 31.6 Å². The molecule has 2 amide bonds. The van der Waals surface area contributed by atoms with Crippen molar-refractivity contribution in [2.75, 3.05) is 6.54 Å². The van der Waals surface area contributed by atoms with Crippen LogP contribution in [0.4, 0.5) is 0 Å². The van der Waals surface area contributed by atoms with E-state index in [2.05, 4.69) is 11.2 Å². The van der Waals surface area contributed by atoms with Crippen LogP contribution in [0.2, 0.25) is 0 Å². The third-order valence-electron chi connectivity index (χ3n) is 4.21. The van der Waals surface area contributed by atoms with Crippen LogP contribution in [0.3, 0.4) is 0 Å². The number of piperazine rings is 1. The number of terminal acetylenes is 1. The van der Waals surface area contributed by atoms with E-state index in [1.165, 1.54) is 0 Å². The molecular weight excluding hydrogens is 240 g/mol. The Balaban J connectivity index is 2.28. The molecule has 1 N–H and O–H groups in total. The zero-order chi connectivity index (χ0) is 14.2. The molecule has 0 aromatic heterocycles. The van der Waals surface area contributed by atoms with Gasteiger partial charge in [-0.1, -0.05) is 13.8 Å². The summed E-state index contributed by atoms with van der Waals surface area (Å²) in [6, 6.07) is -0.396. The van der Waals surface area contributed by atoms with Gasteiger partial charge in [-0.15, -0.1) is 12.3 Å². The lowest BCUT2D eigenvalue weighted by atomic mass is 9.86. The average Bonchev–Trinajstić information content (AvgIpc) is 3.15. The van der Waals surface area contributed by atoms with E-state index >= 15 is 0 Å². The summed E-state index contributed by atoms with van der Waals surface area (Å²) < 4.78 is 0. The second kappa shape index (κ2) is 4.88. The Hall–Kier alpha value is -1.50. The lowest BCUT2D eigenvalue weighted by Gasteiger charge is -2.46. The largest absolute Gasteiger partial charge is 0.340 e. The van der Waals surface area contributed by atoms with Gasteiger partial charge in [-0.3, -0.25) is 9.59 Å². The van der Waals surface area contributed by atoms with Crippen molar-refractivity contribution in [1.82, 2.24) is 10.2 Å². The number of hydrogen-bond donors (Lipinski definition) is 1. The topological polar surface area (TPSA) is 49.4 Å². The van der Waals surface area contributed by atoms with Crippen molar-refractivity contribution in [2.45, 2.75) is 51.6 Å². The van der Waals surface area contributed by atoms with Gasteiger partial charge in [-0.25, -0.2) is 0 Å². The fourth-order valence-electron chi connectivity index (χ4n) is 2.98. The number of carbonyl (C=O) groups is 2. The van der Waals surface area contributed by atoms with Crippen LogP contribution in [-0.4, -0.2) is 34.8 Å². The first-order chi connectivity index (χ1) is 8.91. The van der Waals surface area contributed by atoms with Crippen molar-refractivity contribution in [1.29, 1.82) is 0 Å². The van der Waals surface area contributed by atoms with Crippen molar-refractivity contribution in [3.63, 3.8) is 0 Å². The van der Waals surface area contributed by atoms with Gasteiger partial charge < -0.3 is 10.2 Å². The summed E-state index contributed by atoms with van der Waals surface area (Å²) in [5, 5.41) is 2.96. The van der Waals surface area contributed by atoms with Crippen LogP contribution < -0.4 is 5.32 Å². The van der Waals surface area contributed by atoms with Crippen LogP contribution in [0.1, 0.15) is 40.0 Å². The van der Waals surface area contributed by atoms with E-state index < -0.39 is 11.6 Å². The summed E-state index contributed by atoms with van der Waals surface area (Å²) in [5.41, 5.74) is -0.725. The minimum atomic E-state index is -0.725. The molecule has 0 aromatic rings. The maximum absolute atomic E-state index is 12.7. The van der Waals surface area contributed by atoms with Gasteiger partial charge in [0.25, 0.3) is 0 Å². The monoisotopic (exact) mass is 262 g/mol. The van der Waals surface area contributed by atoms with E-state index in [0.717, 1.165) is 12.8 Å². The van der Waals surface area contributed by atoms with E-state index in [9.17, 15) is 9.59 Å². The Morgan fingerprint density at radius 1 is 1.47 bits per heavy atom. The molecule has 1 aliphatic heterocycles. The molecule has 1 aliphatic carbocycles. The van der Waals surface area contributed by atoms with Crippen molar-refractivity contribution in [3.05, 3.63) is 0 Å². The molecule has 1 saturated heterocycles. The first-order valence-electron chi connectivity index (χ1n) is 6.98. The van der Waals surface area contributed by atoms with E-state index in [-0.39, 0.29) is 23.7 Å². The molecule has 104 valence electrons. The van der Waals surface area contributed by atoms with Gasteiger partial charge in [0.2, 0.25) is 11.8 Å². The number of rotatable bonds is 4. The van der Waals surface area contributed by atoms with Gasteiger partial charge in [-0.2, -0.15) is 0 Å². The van der Waals surface area contributed by atoms with Gasteiger partial charge >= 0.3 is 0 Å². The summed E-state index contributed by atoms with van der Waals surface area (Å²) in [5.74, 6) is 2.92. The second-order valence-corrected chi connectivity index (χ2v) is 6.11. The molecule has 2 fully saturated rings. The van der Waals surface area contributed by atoms with E-state index in [0.29, 0.717) is 13.0 Å². The minimum absolute atomic E-state index is 0.0311. The normalized spacial score (nSPS) is 31.3. The summed E-state index contributed by atoms with van der Waals surface area (Å²) in [7, 11) is 0. The highest BCUT2D eigenvalue weighted by Crippen LogP contribution is 2.42. The molecule has 0 bridgehead atoms. The molecule has 4 nitrogen and oxygen atoms in total. The van der Waals surface area contributed by atoms with Crippen molar-refractivity contribution in [2.24, 2.45) is 11.8 Å². The number of nitrogens with one attached hydrogen (secondary N) is 1. The van der Waals surface area contributed by atoms with Gasteiger partial charge in [0.05, 0.1) is 0 Å². The molecule has 4 heteroatoms. The Morgan fingerprint density at radius 3 is 2.58 bits per heavy atom. The fraction of sp³-hybridized carbons (Fsp3) is 0.733. The summed E-state index contributed by atoms with van der Waals surface area (Å²) in [4.78, 5) is 26.8. The number of carbonyl (C=O) groups excluding carboxylic acids is 2. The zero-order valence-corrected chi connectivity index (χ0v) is 11.9. The predicted octanol–water partition coefficient (Wildman–Crippen LogP) is 1.16. The van der Waals surface area contributed by atoms with Gasteiger partial charge in [0.1, 0.15) is 11.6 Å². The van der Waals surface area contributed by atoms with E-state index in [1.807, 2.05) is 20.8 Å². The van der Waals surface area contributed by atoms with Crippen LogP contribution in [0, 0.1) is 24.2 Å². The number of hydrogen-bond acceptors (Lipinski definition) is 2. The number of amides is 2. The zero-order valence-electron chi connectivity index (χ0n) is 11.9. The van der Waals surface area contributed by atoms with Crippen molar-refractivity contribution < 1.29 is 9.59 Å². The molecule has 2 aliphatic rings. The average molecular weight is 262 g/mol. The van der Waals surface area contributed by atoms with E-state index in [4.69, 9.17) is 6.42 Å². The Morgan fingerprint density at radius 2 is 2.11 bits per heavy atom. The smallest absolute Gasteiger partial charge is 0.249 e. The molecule has 0 spiro atoms. The summed E-state index contributed by atoms with van der Waals surface area (Å²) in [6.45, 7) is 6.23. The molecule has 0 aromatic carbocycles. The quantitative estimate of drug-likeness (QED) is 0.773. The maximum Gasteiger partial charge on any atom is 0.249 e. The highest BCUT2D eigenvalue weighted by molar-refractivity contribution is 6.00. The molecule has 1 heterocycles. The van der Waals surface area contributed by atoms with Gasteiger partial charge in [0.15, 0.2) is 0 Å². The summed E-state index contributed by atoms with van der Waals surface area (Å²) >= 11 is 0. The third-order valence-corrected chi connectivity index (χ3v) is 4.21.